The van der Waals surface area contributed by atoms with E-state index in [1.807, 2.05) is 27.7 Å². The highest BCUT2D eigenvalue weighted by Gasteiger charge is 2.37. The zero-order valence-corrected chi connectivity index (χ0v) is 39.5. The van der Waals surface area contributed by atoms with E-state index in [1.54, 1.807) is 0 Å². The maximum absolute atomic E-state index is 13.6. The van der Waals surface area contributed by atoms with Crippen molar-refractivity contribution in [2.24, 2.45) is 35.3 Å². The summed E-state index contributed by atoms with van der Waals surface area (Å²) in [5.74, 6) is -11.0. The Labute approximate surface area is 391 Å². The molecule has 67 heavy (non-hydrogen) atoms. The number of aliphatic carboxylic acids is 2. The number of ketones is 5. The molecule has 2 fully saturated rings. The van der Waals surface area contributed by atoms with Crippen molar-refractivity contribution in [3.05, 3.63) is 0 Å². The lowest BCUT2D eigenvalue weighted by molar-refractivity contribution is -0.146. The second-order valence-corrected chi connectivity index (χ2v) is 18.8. The van der Waals surface area contributed by atoms with Gasteiger partial charge in [-0.3, -0.25) is 57.5 Å². The van der Waals surface area contributed by atoms with Gasteiger partial charge in [0.2, 0.25) is 29.5 Å². The third-order valence-electron chi connectivity index (χ3n) is 12.0. The molecule has 0 saturated carbocycles. The van der Waals surface area contributed by atoms with Crippen LogP contribution in [0.4, 0.5) is 0 Å². The number of rotatable bonds is 33. The minimum atomic E-state index is -1.31. The van der Waals surface area contributed by atoms with Crippen molar-refractivity contribution in [2.45, 2.75) is 168 Å². The van der Waals surface area contributed by atoms with Crippen LogP contribution in [0.15, 0.2) is 0 Å². The molecule has 21 nitrogen and oxygen atoms in total. The van der Waals surface area contributed by atoms with E-state index in [1.165, 1.54) is 11.8 Å². The number of Topliss-reactive ketones (excluding diaryl/α,β-unsaturated/α-hetero) is 5. The minimum absolute atomic E-state index is 0.0518. The van der Waals surface area contributed by atoms with Crippen molar-refractivity contribution in [1.82, 2.24) is 26.2 Å². The number of primary amides is 1. The number of nitrogens with zero attached hydrogens (tertiary/aromatic N) is 1. The van der Waals surface area contributed by atoms with Gasteiger partial charge in [0.15, 0.2) is 23.1 Å². The molecule has 0 aromatic heterocycles. The van der Waals surface area contributed by atoms with Gasteiger partial charge in [-0.25, -0.2) is 0 Å². The Bertz CT molecular complexity index is 1820. The Morgan fingerprint density at radius 2 is 1.34 bits per heavy atom. The predicted molar refractivity (Wildman–Crippen MR) is 239 cm³/mol. The normalized spacial score (nSPS) is 19.2. The number of aliphatic hydroxyl groups is 1. The molecule has 8 atom stereocenters. The summed E-state index contributed by atoms with van der Waals surface area (Å²) < 4.78 is 0. The fourth-order valence-electron chi connectivity index (χ4n) is 8.40. The van der Waals surface area contributed by atoms with Gasteiger partial charge in [0.25, 0.3) is 0 Å². The number of carboxylic acid groups (broad SMARTS) is 2. The van der Waals surface area contributed by atoms with Crippen molar-refractivity contribution >= 4 is 70.4 Å². The average Bonchev–Trinajstić information content (AvgIpc) is 3.92. The van der Waals surface area contributed by atoms with E-state index in [4.69, 9.17) is 10.8 Å². The first-order valence-electron chi connectivity index (χ1n) is 23.3. The van der Waals surface area contributed by atoms with Crippen LogP contribution in [0.1, 0.15) is 137 Å². The number of nitrogens with two attached hydrogens (primary N) is 1. The van der Waals surface area contributed by atoms with Crippen LogP contribution in [0.3, 0.4) is 0 Å². The van der Waals surface area contributed by atoms with Gasteiger partial charge in [-0.1, -0.05) is 27.7 Å². The van der Waals surface area contributed by atoms with Crippen molar-refractivity contribution < 1.29 is 72.9 Å². The molecule has 2 aliphatic heterocycles. The maximum Gasteiger partial charge on any atom is 0.306 e. The van der Waals surface area contributed by atoms with Gasteiger partial charge >= 0.3 is 11.9 Å². The van der Waals surface area contributed by atoms with Crippen molar-refractivity contribution in [3.63, 3.8) is 0 Å². The summed E-state index contributed by atoms with van der Waals surface area (Å²) in [7, 11) is 0. The Kier molecular flexibility index (Phi) is 24.7. The van der Waals surface area contributed by atoms with Gasteiger partial charge < -0.3 is 47.2 Å². The number of β-amino-alcohol motifs (C(OH)–C–C–N with tert-alkyl or cyclic N) is 1. The van der Waals surface area contributed by atoms with E-state index < -0.39 is 132 Å². The van der Waals surface area contributed by atoms with E-state index in [-0.39, 0.29) is 108 Å². The van der Waals surface area contributed by atoms with E-state index >= 15 is 0 Å². The molecule has 0 bridgehead atoms. The quantitative estimate of drug-likeness (QED) is 0.0445. The van der Waals surface area contributed by atoms with Crippen LogP contribution in [-0.2, 0) is 57.5 Å². The van der Waals surface area contributed by atoms with Crippen LogP contribution >= 0.6 is 0 Å². The molecule has 0 unspecified atom stereocenters. The number of nitrogens with one attached hydrogen (secondary N) is 4. The second kappa shape index (κ2) is 28.7. The zero-order chi connectivity index (χ0) is 50.5. The van der Waals surface area contributed by atoms with E-state index in [2.05, 4.69) is 21.3 Å². The standard InChI is InChI=1S/C46H72N6O15/c1-25(2)17-29(45(65)50-27(5)36(55)11-14-42(61)52-16-6-7-35(52)39(58)20-28(46(66)67)8-15-43(62)63)19-31(53)24-49-44(64)30(18-26(3)4)21-38(57)33(9-12-40(47)59)51-41(60)13-10-37(56)34-22-32(54)23-48-34/h25-30,32-35,48,54H,6-24H2,1-5H3,(H2,47,59)(H,49,64)(H,50,65)(H,51,60)(H,62,63)(H,66,67)/t27-,28+,29+,30+,32+,33-,34-,35-/m0/s1. The number of hydrogen-bond donors (Lipinski definition) is 8. The van der Waals surface area contributed by atoms with Crippen LogP contribution in [-0.4, -0.2) is 141 Å². The fourth-order valence-corrected chi connectivity index (χ4v) is 8.40. The van der Waals surface area contributed by atoms with Crippen LogP contribution in [0, 0.1) is 29.6 Å². The first-order valence-corrected chi connectivity index (χ1v) is 23.3. The molecule has 0 aromatic rings. The minimum Gasteiger partial charge on any atom is -0.481 e. The summed E-state index contributed by atoms with van der Waals surface area (Å²) in [6.45, 7) is 8.80. The number of hydrogen-bond acceptors (Lipinski definition) is 14. The third-order valence-corrected chi connectivity index (χ3v) is 12.0. The summed E-state index contributed by atoms with van der Waals surface area (Å²) in [5, 5.41) is 38.8. The number of likely N-dealkylation sites (tertiary alicyclic amines) is 1. The SMILES string of the molecule is CC(C)C[C@H](CC(=O)[C@H](CCC(N)=O)NC(=O)CCC(=O)[C@@H]1C[C@@H](O)CN1)C(=O)NCC(=O)C[C@@H](CC(C)C)C(=O)N[C@@H](C)C(=O)CCC(=O)N1CCC[C@H]1C(=O)C[C@@H](CCC(=O)O)C(=O)O. The lowest BCUT2D eigenvalue weighted by Gasteiger charge is -2.25. The first-order chi connectivity index (χ1) is 31.4. The van der Waals surface area contributed by atoms with E-state index in [0.29, 0.717) is 12.8 Å². The van der Waals surface area contributed by atoms with Crippen LogP contribution in [0.25, 0.3) is 0 Å². The molecule has 0 aliphatic carbocycles. The molecule has 2 saturated heterocycles. The fraction of sp³-hybridized carbons (Fsp3) is 0.739. The van der Waals surface area contributed by atoms with Crippen molar-refractivity contribution in [2.75, 3.05) is 19.6 Å². The number of carbonyl (C=O) groups excluding carboxylic acids is 10. The topological polar surface area (TPSA) is 343 Å². The van der Waals surface area contributed by atoms with Gasteiger partial charge in [0.1, 0.15) is 5.78 Å². The number of carbonyl (C=O) groups is 12. The molecule has 2 aliphatic rings. The number of amides is 5. The summed E-state index contributed by atoms with van der Waals surface area (Å²) >= 11 is 0. The largest absolute Gasteiger partial charge is 0.481 e. The van der Waals surface area contributed by atoms with Gasteiger partial charge in [-0.05, 0) is 63.7 Å². The third kappa shape index (κ3) is 21.4. The monoisotopic (exact) mass is 949 g/mol. The molecule has 0 spiro atoms. The Balaban J connectivity index is 1.98. The molecule has 2 rings (SSSR count). The summed E-state index contributed by atoms with van der Waals surface area (Å²) in [6, 6.07) is -3.72. The highest BCUT2D eigenvalue weighted by molar-refractivity contribution is 5.97. The molecule has 0 aromatic carbocycles. The smallest absolute Gasteiger partial charge is 0.306 e. The van der Waals surface area contributed by atoms with Gasteiger partial charge in [0, 0.05) is 82.7 Å². The lowest BCUT2D eigenvalue weighted by Crippen LogP contribution is -2.45. The van der Waals surface area contributed by atoms with Gasteiger partial charge in [-0.2, -0.15) is 0 Å². The summed E-state index contributed by atoms with van der Waals surface area (Å²) in [6.07, 6.45) is -2.25. The highest BCUT2D eigenvalue weighted by atomic mass is 16.4. The molecule has 376 valence electrons. The van der Waals surface area contributed by atoms with Crippen molar-refractivity contribution in [1.29, 1.82) is 0 Å². The van der Waals surface area contributed by atoms with E-state index in [9.17, 15) is 67.7 Å². The molecule has 2 heterocycles. The Hall–Kier alpha value is -5.44. The Morgan fingerprint density at radius 1 is 0.701 bits per heavy atom. The molecule has 5 amide bonds. The summed E-state index contributed by atoms with van der Waals surface area (Å²) in [4.78, 5) is 154. The molecular formula is C46H72N6O15. The molecule has 21 heteroatoms. The predicted octanol–water partition coefficient (Wildman–Crippen LogP) is 0.538. The summed E-state index contributed by atoms with van der Waals surface area (Å²) in [5.41, 5.74) is 5.32. The molecule has 0 radical (unpaired) electrons. The number of carboxylic acids is 2. The van der Waals surface area contributed by atoms with Crippen LogP contribution in [0.5, 0.6) is 0 Å². The highest BCUT2D eigenvalue weighted by Crippen LogP contribution is 2.25. The lowest BCUT2D eigenvalue weighted by atomic mass is 9.88. The Morgan fingerprint density at radius 3 is 1.91 bits per heavy atom. The molecular weight excluding hydrogens is 877 g/mol. The molecule has 9 N–H and O–H groups in total. The van der Waals surface area contributed by atoms with Crippen molar-refractivity contribution in [3.8, 4) is 0 Å². The van der Waals surface area contributed by atoms with E-state index in [0.717, 1.165) is 0 Å². The van der Waals surface area contributed by atoms with Crippen LogP contribution < -0.4 is 27.0 Å². The van der Waals surface area contributed by atoms with Gasteiger partial charge in [-0.15, -0.1) is 0 Å². The first kappa shape index (κ1) is 57.7. The van der Waals surface area contributed by atoms with Crippen LogP contribution in [0.2, 0.25) is 0 Å². The maximum atomic E-state index is 13.6. The number of aliphatic hydroxyl groups excluding tert-OH is 1. The average molecular weight is 949 g/mol. The second-order valence-electron chi connectivity index (χ2n) is 18.8. The van der Waals surface area contributed by atoms with Gasteiger partial charge in [0.05, 0.1) is 42.7 Å². The zero-order valence-electron chi connectivity index (χ0n) is 39.5.